The smallest absolute Gasteiger partial charge is 0.260 e. The van der Waals surface area contributed by atoms with Gasteiger partial charge in [0.05, 0.1) is 37.6 Å². The average Bonchev–Trinajstić information content (AvgIpc) is 3.42. The van der Waals surface area contributed by atoms with Crippen LogP contribution in [0.15, 0.2) is 66.5 Å². The van der Waals surface area contributed by atoms with Crippen molar-refractivity contribution >= 4 is 40.1 Å². The Kier molecular flexibility index (Phi) is 8.07. The third-order valence-electron chi connectivity index (χ3n) is 9.27. The Hall–Kier alpha value is -4.78. The summed E-state index contributed by atoms with van der Waals surface area (Å²) in [5.41, 5.74) is -6.84. The van der Waals surface area contributed by atoms with Gasteiger partial charge in [-0.15, -0.1) is 0 Å². The Balaban J connectivity index is 1.74. The highest BCUT2D eigenvalue weighted by atomic mass is 32.2. The molecule has 1 aromatic carbocycles. The van der Waals surface area contributed by atoms with E-state index in [4.69, 9.17) is 0 Å². The predicted molar refractivity (Wildman–Crippen MR) is 181 cm³/mol. The van der Waals surface area contributed by atoms with Crippen molar-refractivity contribution < 1.29 is 20.4 Å². The normalized spacial score (nSPS) is 18.6. The quantitative estimate of drug-likeness (QED) is 0.168. The maximum absolute atomic E-state index is 13.8. The third kappa shape index (κ3) is 4.46. The molecule has 0 amide bonds. The molecule has 0 aliphatic heterocycles. The number of benzene rings is 1. The van der Waals surface area contributed by atoms with E-state index in [1.165, 1.54) is 6.07 Å². The number of thioether (sulfide) groups is 1. The van der Waals surface area contributed by atoms with Gasteiger partial charge in [0.25, 0.3) is 5.56 Å². The number of aliphatic hydroxyl groups excluding tert-OH is 3. The van der Waals surface area contributed by atoms with E-state index in [1.807, 2.05) is 20.8 Å². The van der Waals surface area contributed by atoms with Crippen LogP contribution < -0.4 is 37.7 Å². The van der Waals surface area contributed by atoms with Gasteiger partial charge in [-0.2, -0.15) is 11.8 Å². The molecule has 2 atom stereocenters. The lowest BCUT2D eigenvalue weighted by atomic mass is 9.78. The Morgan fingerprint density at radius 2 is 1.49 bits per heavy atom. The number of phenolic OH excluding ortho intramolecular Hbond substituents is 1. The molecular weight excluding hydrogens is 624 g/mol. The molecule has 4 aliphatic carbocycles. The lowest BCUT2D eigenvalue weighted by Gasteiger charge is -2.34. The van der Waals surface area contributed by atoms with Gasteiger partial charge in [-0.1, -0.05) is 32.1 Å². The Bertz CT molecular complexity index is 2420. The Labute approximate surface area is 270 Å². The van der Waals surface area contributed by atoms with Crippen molar-refractivity contribution in [3.8, 4) is 5.75 Å². The lowest BCUT2D eigenvalue weighted by Crippen LogP contribution is -2.51. The van der Waals surface area contributed by atoms with E-state index in [-0.39, 0.29) is 21.9 Å². The van der Waals surface area contributed by atoms with E-state index >= 15 is 0 Å². The molecule has 0 saturated carbocycles. The van der Waals surface area contributed by atoms with Gasteiger partial charge in [0.15, 0.2) is 10.9 Å². The summed E-state index contributed by atoms with van der Waals surface area (Å²) < 4.78 is 0. The lowest BCUT2D eigenvalue weighted by molar-refractivity contribution is 0.170. The summed E-state index contributed by atoms with van der Waals surface area (Å²) in [7, 11) is 0. The number of aromatic nitrogens is 1. The van der Waals surface area contributed by atoms with E-state index in [0.717, 1.165) is 37.0 Å². The number of hydrogen-bond donors (Lipinski definition) is 5. The molecule has 0 fully saturated rings. The van der Waals surface area contributed by atoms with Gasteiger partial charge in [0, 0.05) is 23.6 Å². The summed E-state index contributed by atoms with van der Waals surface area (Å²) in [6.45, 7) is 7.80. The first-order valence-corrected chi connectivity index (χ1v) is 16.2. The number of allylic oxidation sites excluding steroid dienone is 3. The van der Waals surface area contributed by atoms with Crippen LogP contribution >= 0.6 is 11.8 Å². The summed E-state index contributed by atoms with van der Waals surface area (Å²) in [5.74, 6) is -2.03. The molecule has 11 nitrogen and oxygen atoms in total. The number of aromatic hydroxyl groups is 1. The van der Waals surface area contributed by atoms with Crippen LogP contribution in [0, 0.1) is 10.4 Å². The second-order valence-corrected chi connectivity index (χ2v) is 12.8. The van der Waals surface area contributed by atoms with Gasteiger partial charge >= 0.3 is 0 Å². The van der Waals surface area contributed by atoms with Gasteiger partial charge in [0.1, 0.15) is 22.7 Å². The van der Waals surface area contributed by atoms with Crippen molar-refractivity contribution in [2.24, 2.45) is 0 Å². The van der Waals surface area contributed by atoms with Crippen LogP contribution in [0.3, 0.4) is 0 Å². The predicted octanol–water partition coefficient (Wildman–Crippen LogP) is 0.639. The zero-order valence-electron chi connectivity index (χ0n) is 25.8. The van der Waals surface area contributed by atoms with Gasteiger partial charge in [-0.05, 0) is 61.3 Å². The highest BCUT2D eigenvalue weighted by Crippen LogP contribution is 2.61. The van der Waals surface area contributed by atoms with Crippen molar-refractivity contribution in [1.29, 1.82) is 0 Å². The minimum absolute atomic E-state index is 0.0636. The molecular formula is C35H32N2O9S. The fourth-order valence-corrected chi connectivity index (χ4v) is 8.57. The summed E-state index contributed by atoms with van der Waals surface area (Å²) in [4.78, 5) is 71.4. The van der Waals surface area contributed by atoms with Gasteiger partial charge in [-0.3, -0.25) is 24.0 Å². The fourth-order valence-electron chi connectivity index (χ4n) is 7.03. The van der Waals surface area contributed by atoms with Crippen LogP contribution in [0.25, 0.3) is 28.4 Å². The Morgan fingerprint density at radius 1 is 0.894 bits per heavy atom. The molecule has 2 unspecified atom stereocenters. The minimum atomic E-state index is -2.28. The molecule has 1 spiro atoms. The van der Waals surface area contributed by atoms with E-state index in [9.17, 15) is 44.4 Å². The SMILES string of the molecule is CC=CC=Cc1cc2cc3c(c(O)c2c(=O)[nH]1)C1(C(O)=c2c(=O)c4c(=O)ccc(=O)c=4c(=O)c2=C1O)C(SCCN(CC)CC)C3O. The number of pyridine rings is 1. The molecule has 0 bridgehead atoms. The number of fused-ring (bicyclic) bond motifs is 4. The van der Waals surface area contributed by atoms with Crippen molar-refractivity contribution in [1.82, 2.24) is 9.88 Å². The largest absolute Gasteiger partial charge is 0.510 e. The Morgan fingerprint density at radius 3 is 2.04 bits per heavy atom. The highest BCUT2D eigenvalue weighted by molar-refractivity contribution is 8.00. The summed E-state index contributed by atoms with van der Waals surface area (Å²) in [6, 6.07) is 4.79. The zero-order chi connectivity index (χ0) is 33.9. The van der Waals surface area contributed by atoms with Crippen molar-refractivity contribution in [2.45, 2.75) is 37.5 Å². The van der Waals surface area contributed by atoms with E-state index in [0.29, 0.717) is 18.0 Å². The van der Waals surface area contributed by atoms with Crippen LogP contribution in [0.2, 0.25) is 0 Å². The van der Waals surface area contributed by atoms with Crippen LogP contribution in [-0.2, 0) is 5.41 Å². The number of hydrogen-bond acceptors (Lipinski definition) is 11. The highest BCUT2D eigenvalue weighted by Gasteiger charge is 2.62. The summed E-state index contributed by atoms with van der Waals surface area (Å²) >= 11 is 1.14. The van der Waals surface area contributed by atoms with Gasteiger partial charge < -0.3 is 30.3 Å². The van der Waals surface area contributed by atoms with Crippen molar-refractivity contribution in [3.05, 3.63) is 131 Å². The summed E-state index contributed by atoms with van der Waals surface area (Å²) in [5, 5.41) is 43.9. The second kappa shape index (κ2) is 11.8. The maximum Gasteiger partial charge on any atom is 0.260 e. The topological polar surface area (TPSA) is 185 Å². The monoisotopic (exact) mass is 656 g/mol. The van der Waals surface area contributed by atoms with Crippen molar-refractivity contribution in [3.63, 3.8) is 0 Å². The van der Waals surface area contributed by atoms with Crippen LogP contribution in [0.5, 0.6) is 5.75 Å². The molecule has 1 heterocycles. The van der Waals surface area contributed by atoms with E-state index in [2.05, 4.69) is 9.88 Å². The standard InChI is InChI=1S/C35H32N2O9S/c1-4-7-8-9-17-14-16-15-18-26(30(43)21(16)34(46)36-17)35(33(27(18)40)47-13-12-37(5-2)6-3)31(44)24-25(32(35)45)29(42)23-20(39)11-10-19(38)22(23)28(24)41/h4,7-11,14-15,27,33,40,43-45H,5-6,12-13H2,1-3H3,(H,36,46). The molecule has 47 heavy (non-hydrogen) atoms. The molecule has 1 aromatic heterocycles. The number of phenols is 1. The fraction of sp³-hybridized carbons (Fsp3) is 0.286. The first kappa shape index (κ1) is 32.2. The van der Waals surface area contributed by atoms with Crippen LogP contribution in [-0.4, -0.2) is 60.9 Å². The van der Waals surface area contributed by atoms with E-state index < -0.39 is 82.2 Å². The number of aromatic amines is 1. The molecule has 12 heteroatoms. The molecule has 5 N–H and O–H groups in total. The number of nitrogens with one attached hydrogen (secondary N) is 1. The number of H-pyrrole nitrogens is 1. The van der Waals surface area contributed by atoms with Gasteiger partial charge in [0.2, 0.25) is 10.9 Å². The molecule has 6 rings (SSSR count). The first-order chi connectivity index (χ1) is 22.4. The zero-order valence-corrected chi connectivity index (χ0v) is 26.6. The number of nitrogens with zero attached hydrogens (tertiary/aromatic N) is 1. The van der Waals surface area contributed by atoms with E-state index in [1.54, 1.807) is 30.4 Å². The van der Waals surface area contributed by atoms with Gasteiger partial charge in [-0.25, -0.2) is 0 Å². The van der Waals surface area contributed by atoms with Crippen LogP contribution in [0.4, 0.5) is 0 Å². The molecule has 4 aliphatic rings. The first-order valence-electron chi connectivity index (χ1n) is 15.2. The minimum Gasteiger partial charge on any atom is -0.510 e. The average molecular weight is 657 g/mol. The molecule has 0 radical (unpaired) electrons. The third-order valence-corrected chi connectivity index (χ3v) is 10.7. The van der Waals surface area contributed by atoms with Crippen molar-refractivity contribution in [2.75, 3.05) is 25.4 Å². The summed E-state index contributed by atoms with van der Waals surface area (Å²) in [6.07, 6.45) is 5.43. The number of aliphatic hydroxyl groups is 3. The maximum atomic E-state index is 13.8. The molecule has 242 valence electrons. The molecule has 0 saturated heterocycles. The van der Waals surface area contributed by atoms with Crippen LogP contribution in [0.1, 0.15) is 43.7 Å². The molecule has 2 aromatic rings. The second-order valence-electron chi connectivity index (χ2n) is 11.6. The number of rotatable bonds is 8.